The van der Waals surface area contributed by atoms with Crippen LogP contribution in [0.1, 0.15) is 84.0 Å². The smallest absolute Gasteiger partial charge is 0.292 e. The lowest BCUT2D eigenvalue weighted by Gasteiger charge is -2.29. The average Bonchev–Trinajstić information content (AvgIpc) is 3.18. The minimum atomic E-state index is -0.610. The van der Waals surface area contributed by atoms with Crippen molar-refractivity contribution < 1.29 is 9.22 Å². The molecule has 0 aromatic heterocycles. The van der Waals surface area contributed by atoms with Crippen molar-refractivity contribution in [1.82, 2.24) is 0 Å². The second kappa shape index (κ2) is 9.65. The molecule has 0 bridgehead atoms. The summed E-state index contributed by atoms with van der Waals surface area (Å²) < 4.78 is 5.52. The largest absolute Gasteiger partial charge is 0.525 e. The minimum absolute atomic E-state index is 0.0711. The van der Waals surface area contributed by atoms with Gasteiger partial charge in [-0.25, -0.2) is 0 Å². The maximum atomic E-state index is 11.6. The molecule has 0 N–H and O–H groups in total. The minimum Gasteiger partial charge on any atom is -0.525 e. The number of carbonyl (C=O) groups excluding carboxylic acids is 1. The molecule has 0 aliphatic heterocycles. The summed E-state index contributed by atoms with van der Waals surface area (Å²) in [5.74, 6) is 3.02. The molecule has 0 aromatic rings. The van der Waals surface area contributed by atoms with Crippen molar-refractivity contribution in [2.24, 2.45) is 17.8 Å². The fourth-order valence-electron chi connectivity index (χ4n) is 4.53. The molecule has 0 amide bonds. The maximum Gasteiger partial charge on any atom is 0.292 e. The van der Waals surface area contributed by atoms with E-state index in [1.165, 1.54) is 63.8 Å². The zero-order chi connectivity index (χ0) is 14.9. The third-order valence-corrected chi connectivity index (χ3v) is 6.91. The van der Waals surface area contributed by atoms with Crippen LogP contribution in [0.2, 0.25) is 6.04 Å². The van der Waals surface area contributed by atoms with Crippen LogP contribution in [0.5, 0.6) is 0 Å². The van der Waals surface area contributed by atoms with Crippen LogP contribution < -0.4 is 0 Å². The molecule has 0 heterocycles. The topological polar surface area (TPSA) is 26.3 Å². The van der Waals surface area contributed by atoms with Crippen molar-refractivity contribution in [2.75, 3.05) is 0 Å². The summed E-state index contributed by atoms with van der Waals surface area (Å²) in [6.45, 7) is 2.12. The first-order chi connectivity index (χ1) is 10.3. The quantitative estimate of drug-likeness (QED) is 0.459. The van der Waals surface area contributed by atoms with E-state index in [9.17, 15) is 4.79 Å². The number of carbonyl (C=O) groups is 1. The van der Waals surface area contributed by atoms with E-state index in [-0.39, 0.29) is 5.97 Å². The fourth-order valence-corrected chi connectivity index (χ4v) is 5.68. The monoisotopic (exact) mass is 310 g/mol. The molecule has 0 atom stereocenters. The van der Waals surface area contributed by atoms with Gasteiger partial charge in [0.25, 0.3) is 5.97 Å². The van der Waals surface area contributed by atoms with Crippen LogP contribution in [0.3, 0.4) is 0 Å². The molecule has 2 aliphatic rings. The molecular formula is C18H34O2Si. The summed E-state index contributed by atoms with van der Waals surface area (Å²) in [5.41, 5.74) is 0. The molecule has 2 fully saturated rings. The Morgan fingerprint density at radius 1 is 1.10 bits per heavy atom. The van der Waals surface area contributed by atoms with Gasteiger partial charge in [0.2, 0.25) is 9.76 Å². The Hall–Kier alpha value is -0.313. The van der Waals surface area contributed by atoms with Gasteiger partial charge in [-0.15, -0.1) is 0 Å². The third-order valence-electron chi connectivity index (χ3n) is 5.69. The lowest BCUT2D eigenvalue weighted by molar-refractivity contribution is -0.134. The molecule has 2 rings (SSSR count). The number of hydrogen-bond acceptors (Lipinski definition) is 2. The van der Waals surface area contributed by atoms with Crippen molar-refractivity contribution in [2.45, 2.75) is 90.0 Å². The van der Waals surface area contributed by atoms with E-state index < -0.39 is 9.76 Å². The van der Waals surface area contributed by atoms with Crippen molar-refractivity contribution in [3.63, 3.8) is 0 Å². The third kappa shape index (κ3) is 5.76. The van der Waals surface area contributed by atoms with Crippen molar-refractivity contribution in [3.05, 3.63) is 0 Å². The predicted octanol–water partition coefficient (Wildman–Crippen LogP) is 4.61. The van der Waals surface area contributed by atoms with Crippen LogP contribution in [0.15, 0.2) is 0 Å². The van der Waals surface area contributed by atoms with Crippen LogP contribution in [0.25, 0.3) is 0 Å². The molecule has 2 nitrogen and oxygen atoms in total. The Bertz CT molecular complexity index is 278. The molecule has 3 heteroatoms. The zero-order valence-corrected chi connectivity index (χ0v) is 15.4. The molecule has 0 aromatic carbocycles. The molecule has 0 radical (unpaired) electrons. The lowest BCUT2D eigenvalue weighted by atomic mass is 9.78. The van der Waals surface area contributed by atoms with Crippen molar-refractivity contribution in [3.8, 4) is 0 Å². The predicted molar refractivity (Wildman–Crippen MR) is 91.0 cm³/mol. The molecule has 21 heavy (non-hydrogen) atoms. The summed E-state index contributed by atoms with van der Waals surface area (Å²) in [7, 11) is -0.610. The Morgan fingerprint density at radius 3 is 2.19 bits per heavy atom. The van der Waals surface area contributed by atoms with Gasteiger partial charge in [0.15, 0.2) is 0 Å². The summed E-state index contributed by atoms with van der Waals surface area (Å²) in [6, 6.07) is 1.22. The highest BCUT2D eigenvalue weighted by molar-refractivity contribution is 6.30. The van der Waals surface area contributed by atoms with Gasteiger partial charge in [-0.2, -0.15) is 0 Å². The van der Waals surface area contributed by atoms with E-state index in [0.717, 1.165) is 30.6 Å². The van der Waals surface area contributed by atoms with Gasteiger partial charge in [-0.05, 0) is 36.6 Å². The Labute approximate surface area is 133 Å². The van der Waals surface area contributed by atoms with E-state index in [4.69, 9.17) is 4.43 Å². The second-order valence-corrected chi connectivity index (χ2v) is 8.62. The molecule has 122 valence electrons. The normalized spacial score (nSPS) is 21.0. The van der Waals surface area contributed by atoms with Gasteiger partial charge in [0, 0.05) is 6.42 Å². The van der Waals surface area contributed by atoms with Gasteiger partial charge in [0.05, 0.1) is 0 Å². The first kappa shape index (κ1) is 17.0. The van der Waals surface area contributed by atoms with Gasteiger partial charge >= 0.3 is 0 Å². The van der Waals surface area contributed by atoms with Gasteiger partial charge in [-0.1, -0.05) is 64.7 Å². The van der Waals surface area contributed by atoms with Crippen molar-refractivity contribution in [1.29, 1.82) is 0 Å². The first-order valence-electron chi connectivity index (χ1n) is 9.47. The number of unbranched alkanes of at least 4 members (excludes halogenated alkanes) is 1. The Morgan fingerprint density at radius 2 is 1.67 bits per heavy atom. The highest BCUT2D eigenvalue weighted by atomic mass is 28.2. The summed E-state index contributed by atoms with van der Waals surface area (Å²) in [6.07, 6.45) is 15.8. The van der Waals surface area contributed by atoms with E-state index in [1.807, 2.05) is 0 Å². The summed E-state index contributed by atoms with van der Waals surface area (Å²) in [4.78, 5) is 11.6. The van der Waals surface area contributed by atoms with Crippen molar-refractivity contribution >= 4 is 15.7 Å². The van der Waals surface area contributed by atoms with Gasteiger partial charge in [-0.3, -0.25) is 4.79 Å². The second-order valence-electron chi connectivity index (χ2n) is 7.22. The highest BCUT2D eigenvalue weighted by Crippen LogP contribution is 2.43. The van der Waals surface area contributed by atoms with Gasteiger partial charge < -0.3 is 4.43 Å². The van der Waals surface area contributed by atoms with Crippen LogP contribution in [0.4, 0.5) is 0 Å². The summed E-state index contributed by atoms with van der Waals surface area (Å²) in [5, 5.41) is 0. The van der Waals surface area contributed by atoms with Crippen LogP contribution >= 0.6 is 0 Å². The summed E-state index contributed by atoms with van der Waals surface area (Å²) >= 11 is 0. The highest BCUT2D eigenvalue weighted by Gasteiger charge is 2.32. The zero-order valence-electron chi connectivity index (χ0n) is 13.9. The Kier molecular flexibility index (Phi) is 7.84. The average molecular weight is 311 g/mol. The van der Waals surface area contributed by atoms with E-state index in [0.29, 0.717) is 6.42 Å². The van der Waals surface area contributed by atoms with E-state index in [2.05, 4.69) is 6.92 Å². The van der Waals surface area contributed by atoms with E-state index in [1.54, 1.807) is 0 Å². The Balaban J connectivity index is 1.68. The van der Waals surface area contributed by atoms with Crippen LogP contribution in [-0.4, -0.2) is 15.7 Å². The number of rotatable bonds is 9. The van der Waals surface area contributed by atoms with Crippen LogP contribution in [0, 0.1) is 17.8 Å². The molecule has 0 unspecified atom stereocenters. The first-order valence-corrected chi connectivity index (χ1v) is 11.0. The molecular weight excluding hydrogens is 276 g/mol. The molecule has 2 aliphatic carbocycles. The van der Waals surface area contributed by atoms with Gasteiger partial charge in [0.1, 0.15) is 0 Å². The SMILES string of the molecule is CCCCC(=O)O[SiH2]CCC(C1CCCC1)C1CCCC1. The molecule has 0 spiro atoms. The number of hydrogen-bond donors (Lipinski definition) is 0. The molecule has 2 saturated carbocycles. The molecule has 0 saturated heterocycles. The maximum absolute atomic E-state index is 11.6. The standard InChI is InChI=1S/C18H34O2Si/c1-2-3-12-18(19)20-21-14-13-17(15-8-4-5-9-15)16-10-6-7-11-16/h15-17H,2-14,21H2,1H3. The van der Waals surface area contributed by atoms with E-state index >= 15 is 0 Å². The van der Waals surface area contributed by atoms with Crippen LogP contribution in [-0.2, 0) is 9.22 Å². The fraction of sp³-hybridized carbons (Fsp3) is 0.944. The lowest BCUT2D eigenvalue weighted by Crippen LogP contribution is -2.21.